The number of fused-ring (bicyclic) bond motifs is 9. The molecule has 14 aromatic rings. The molecule has 1 aliphatic heterocycles. The summed E-state index contributed by atoms with van der Waals surface area (Å²) in [7, 11) is 0. The maximum absolute atomic E-state index is 2.55. The van der Waals surface area contributed by atoms with Crippen LogP contribution in [0.3, 0.4) is 0 Å². The maximum atomic E-state index is 2.55. The predicted octanol–water partition coefficient (Wildman–Crippen LogP) is 15.7. The van der Waals surface area contributed by atoms with Crippen LogP contribution in [0.25, 0.3) is 143 Å². The zero-order valence-electron chi connectivity index (χ0n) is 41.0. The van der Waals surface area contributed by atoms with Gasteiger partial charge in [0.2, 0.25) is 0 Å². The molecule has 14 aromatic carbocycles. The van der Waals surface area contributed by atoms with E-state index in [4.69, 9.17) is 0 Å². The molecule has 0 spiro atoms. The minimum absolute atomic E-state index is 0.551. The first-order valence-corrected chi connectivity index (χ1v) is 31.0. The summed E-state index contributed by atoms with van der Waals surface area (Å²) < 4.78 is 4.64. The molecule has 74 heavy (non-hydrogen) atoms. The number of benzene rings is 14. The second kappa shape index (κ2) is 17.5. The van der Waals surface area contributed by atoms with Gasteiger partial charge < -0.3 is 0 Å². The predicted molar refractivity (Wildman–Crippen MR) is 327 cm³/mol. The zero-order chi connectivity index (χ0) is 48.9. The van der Waals surface area contributed by atoms with Gasteiger partial charge in [0.05, 0.1) is 0 Å². The fraction of sp³-hybridized carbons (Fsp3) is 0. The molecule has 0 aromatic heterocycles. The quantitative estimate of drug-likeness (QED) is 0.115. The van der Waals surface area contributed by atoms with Crippen molar-refractivity contribution in [1.82, 2.24) is 0 Å². The van der Waals surface area contributed by atoms with Gasteiger partial charge in [-0.15, -0.1) is 0 Å². The Morgan fingerprint density at radius 2 is 0.608 bits per heavy atom. The number of rotatable bonds is 6. The van der Waals surface area contributed by atoms with Crippen molar-refractivity contribution in [3.8, 4) is 77.9 Å². The molecule has 0 atom stereocenters. The molecule has 2 heteroatoms. The van der Waals surface area contributed by atoms with Crippen molar-refractivity contribution >= 4 is 110 Å². The van der Waals surface area contributed by atoms with Crippen LogP contribution in [0.2, 0.25) is 0 Å². The Labute approximate surface area is 445 Å². The van der Waals surface area contributed by atoms with Gasteiger partial charge in [0.25, 0.3) is 0 Å². The van der Waals surface area contributed by atoms with Crippen LogP contribution in [-0.2, 0) is 0 Å². The van der Waals surface area contributed by atoms with Crippen LogP contribution in [-0.4, -0.2) is 31.9 Å². The average molecular weight is 1060 g/mol. The summed E-state index contributed by atoms with van der Waals surface area (Å²) in [6, 6.07) is 99.2. The van der Waals surface area contributed by atoms with Crippen molar-refractivity contribution in [1.29, 1.82) is 0 Å². The summed E-state index contributed by atoms with van der Waals surface area (Å²) in [6.07, 6.45) is 0. The third-order valence-corrected chi connectivity index (χ3v) is 22.5. The molecule has 0 fully saturated rings. The van der Waals surface area contributed by atoms with E-state index in [0.717, 1.165) is 0 Å². The molecule has 0 aliphatic carbocycles. The van der Waals surface area contributed by atoms with Crippen molar-refractivity contribution in [2.75, 3.05) is 0 Å². The van der Waals surface area contributed by atoms with Crippen LogP contribution >= 0.6 is 0 Å². The van der Waals surface area contributed by atoms with Gasteiger partial charge in [0, 0.05) is 0 Å². The summed E-state index contributed by atoms with van der Waals surface area (Å²) in [5.74, 6) is 0. The third kappa shape index (κ3) is 6.97. The summed E-state index contributed by atoms with van der Waals surface area (Å²) in [6.45, 7) is 0. The van der Waals surface area contributed by atoms with E-state index >= 15 is 0 Å². The van der Waals surface area contributed by atoms with Crippen LogP contribution in [0.15, 0.2) is 261 Å². The molecule has 15 rings (SSSR count). The Kier molecular flexibility index (Phi) is 10.2. The number of hydrogen-bond donors (Lipinski definition) is 0. The van der Waals surface area contributed by atoms with Gasteiger partial charge in [-0.3, -0.25) is 0 Å². The van der Waals surface area contributed by atoms with E-state index in [0.29, 0.717) is 16.5 Å². The molecule has 0 saturated heterocycles. The normalized spacial score (nSPS) is 12.4. The summed E-state index contributed by atoms with van der Waals surface area (Å²) in [5.41, 5.74) is 18.1. The SMILES string of the molecule is [GeH3][c]1ccccc1-c1cccc(-c2cccc3c(-c4c5cccc(-c6ccc7ccccc7c6)c5cc5c(-c6ccc7ccccc7c6)cccc45)c4cccc(-c5cccc6[c]5[GeH2][c]5ccccc5-6)c4cc23)c1. The Morgan fingerprint density at radius 3 is 1.16 bits per heavy atom. The molecule has 0 nitrogen and oxygen atoms in total. The van der Waals surface area contributed by atoms with Crippen molar-refractivity contribution < 1.29 is 0 Å². The third-order valence-electron chi connectivity index (χ3n) is 16.2. The Morgan fingerprint density at radius 1 is 0.230 bits per heavy atom. The van der Waals surface area contributed by atoms with E-state index in [1.54, 1.807) is 8.79 Å². The summed E-state index contributed by atoms with van der Waals surface area (Å²) in [5, 5.41) is 15.1. The van der Waals surface area contributed by atoms with Gasteiger partial charge >= 0.3 is 366 Å². The van der Waals surface area contributed by atoms with E-state index in [9.17, 15) is 0 Å². The standard InChI is InChI=1S/C72H48Ge2/c73-68-33-7-5-21-55(68)49-20-9-19-48(41-49)52-23-10-27-60-66(52)43-67-56(62-31-14-32-63-57-22-6-8-34-69(57)74-72(62)63)26-13-30-61(67)71(60)70-58-28-11-24-53(50-37-35-44-15-1-3-17-46(44)39-50)64(58)42-65-54(25-12-29-59(65)70)51-38-36-45-16-2-4-18-47(45)40-51/h1-43H,74H2,73H3. The topological polar surface area (TPSA) is 0 Å². The van der Waals surface area contributed by atoms with E-state index < -0.39 is 15.4 Å². The van der Waals surface area contributed by atoms with E-state index in [-0.39, 0.29) is 0 Å². The molecule has 0 amide bonds. The molecule has 344 valence electrons. The molecule has 0 unspecified atom stereocenters. The minimum atomic E-state index is -1.30. The van der Waals surface area contributed by atoms with Crippen LogP contribution in [0.4, 0.5) is 0 Å². The van der Waals surface area contributed by atoms with Gasteiger partial charge in [-0.05, 0) is 21.5 Å². The summed E-state index contributed by atoms with van der Waals surface area (Å²) >= 11 is -0.746. The monoisotopic (exact) mass is 1060 g/mol. The molecular formula is C72H48Ge2. The van der Waals surface area contributed by atoms with Crippen LogP contribution in [0.1, 0.15) is 0 Å². The first-order chi connectivity index (χ1) is 36.6. The first-order valence-electron chi connectivity index (χ1n) is 25.9. The fourth-order valence-corrected chi connectivity index (χ4v) is 18.6. The second-order valence-electron chi connectivity index (χ2n) is 20.3. The van der Waals surface area contributed by atoms with Gasteiger partial charge in [-0.1, -0.05) is 60.7 Å². The molecule has 0 saturated carbocycles. The molecule has 0 radical (unpaired) electrons. The van der Waals surface area contributed by atoms with Crippen molar-refractivity contribution in [3.05, 3.63) is 261 Å². The van der Waals surface area contributed by atoms with Gasteiger partial charge in [0.1, 0.15) is 0 Å². The van der Waals surface area contributed by atoms with Crippen LogP contribution in [0, 0.1) is 0 Å². The van der Waals surface area contributed by atoms with Crippen LogP contribution < -0.4 is 13.2 Å². The second-order valence-corrected chi connectivity index (χ2v) is 26.4. The van der Waals surface area contributed by atoms with Crippen molar-refractivity contribution in [3.63, 3.8) is 0 Å². The van der Waals surface area contributed by atoms with E-state index in [2.05, 4.69) is 261 Å². The van der Waals surface area contributed by atoms with Gasteiger partial charge in [0.15, 0.2) is 0 Å². The molecule has 0 N–H and O–H groups in total. The van der Waals surface area contributed by atoms with Gasteiger partial charge in [-0.2, -0.15) is 0 Å². The molecule has 0 bridgehead atoms. The summed E-state index contributed by atoms with van der Waals surface area (Å²) in [4.78, 5) is 0. The number of hydrogen-bond acceptors (Lipinski definition) is 0. The molecule has 1 aliphatic rings. The van der Waals surface area contributed by atoms with E-state index in [1.807, 2.05) is 0 Å². The van der Waals surface area contributed by atoms with Gasteiger partial charge in [-0.25, -0.2) is 0 Å². The first kappa shape index (κ1) is 43.3. The molecule has 1 heterocycles. The molecular weight excluding hydrogens is 1010 g/mol. The average Bonchev–Trinajstić information content (AvgIpc) is 3.86. The van der Waals surface area contributed by atoms with Crippen molar-refractivity contribution in [2.24, 2.45) is 0 Å². The Hall–Kier alpha value is -8.27. The van der Waals surface area contributed by atoms with Crippen molar-refractivity contribution in [2.45, 2.75) is 0 Å². The fourth-order valence-electron chi connectivity index (χ4n) is 12.7. The van der Waals surface area contributed by atoms with Crippen LogP contribution in [0.5, 0.6) is 0 Å². The zero-order valence-corrected chi connectivity index (χ0v) is 48.2. The Balaban J connectivity index is 1.09. The Bertz CT molecular complexity index is 4520. The van der Waals surface area contributed by atoms with E-state index in [1.165, 1.54) is 147 Å².